The number of hydrogen-bond acceptors (Lipinski definition) is 3. The molecule has 1 amide bonds. The van der Waals surface area contributed by atoms with Crippen LogP contribution in [0.15, 0.2) is 36.4 Å². The van der Waals surface area contributed by atoms with Crippen LogP contribution in [0.25, 0.3) is 10.8 Å². The van der Waals surface area contributed by atoms with Crippen molar-refractivity contribution in [2.45, 2.75) is 19.4 Å². The molecule has 0 heterocycles. The van der Waals surface area contributed by atoms with E-state index in [4.69, 9.17) is 5.26 Å². The van der Waals surface area contributed by atoms with E-state index in [1.54, 1.807) is 25.1 Å². The topological polar surface area (TPSA) is 73.1 Å². The molecule has 2 aromatic carbocycles. The zero-order chi connectivity index (χ0) is 13.8. The molecular formula is C15H14N2O2. The van der Waals surface area contributed by atoms with Crippen molar-refractivity contribution in [1.29, 1.82) is 5.26 Å². The lowest BCUT2D eigenvalue weighted by Gasteiger charge is -2.12. The minimum absolute atomic E-state index is 0.0280. The predicted molar refractivity (Wildman–Crippen MR) is 72.8 cm³/mol. The van der Waals surface area contributed by atoms with Crippen molar-refractivity contribution >= 4 is 16.7 Å². The number of phenolic OH excluding ortho intramolecular Hbond substituents is 1. The Bertz CT molecular complexity index is 659. The molecule has 96 valence electrons. The molecule has 2 N–H and O–H groups in total. The highest BCUT2D eigenvalue weighted by molar-refractivity contribution is 6.03. The molecule has 0 bridgehead atoms. The SMILES string of the molecule is CC(CC#N)NC(=O)c1ccc2ccccc2c1O. The highest BCUT2D eigenvalue weighted by Crippen LogP contribution is 2.28. The fourth-order valence-corrected chi connectivity index (χ4v) is 1.93. The molecule has 2 aromatic rings. The van der Waals surface area contributed by atoms with Gasteiger partial charge in [0.2, 0.25) is 0 Å². The number of carbonyl (C=O) groups excluding carboxylic acids is 1. The highest BCUT2D eigenvalue weighted by atomic mass is 16.3. The first-order chi connectivity index (χ1) is 9.13. The minimum atomic E-state index is -0.369. The number of amides is 1. The van der Waals surface area contributed by atoms with E-state index in [-0.39, 0.29) is 29.7 Å². The van der Waals surface area contributed by atoms with E-state index in [0.29, 0.717) is 5.39 Å². The normalized spacial score (nSPS) is 11.8. The maximum atomic E-state index is 12.0. The first-order valence-electron chi connectivity index (χ1n) is 6.02. The first-order valence-corrected chi connectivity index (χ1v) is 6.02. The molecule has 0 aliphatic heterocycles. The second kappa shape index (κ2) is 5.40. The number of benzene rings is 2. The monoisotopic (exact) mass is 254 g/mol. The third-order valence-electron chi connectivity index (χ3n) is 2.92. The van der Waals surface area contributed by atoms with Gasteiger partial charge in [0.1, 0.15) is 5.75 Å². The average Bonchev–Trinajstić information content (AvgIpc) is 2.39. The van der Waals surface area contributed by atoms with Crippen molar-refractivity contribution in [1.82, 2.24) is 5.32 Å². The first kappa shape index (κ1) is 12.9. The van der Waals surface area contributed by atoms with E-state index in [9.17, 15) is 9.90 Å². The molecule has 1 atom stereocenters. The number of rotatable bonds is 3. The molecule has 0 aliphatic carbocycles. The summed E-state index contributed by atoms with van der Waals surface area (Å²) in [4.78, 5) is 12.0. The van der Waals surface area contributed by atoms with Crippen molar-refractivity contribution in [3.05, 3.63) is 42.0 Å². The molecule has 4 heteroatoms. The largest absolute Gasteiger partial charge is 0.506 e. The van der Waals surface area contributed by atoms with Gasteiger partial charge in [-0.15, -0.1) is 0 Å². The van der Waals surface area contributed by atoms with Crippen LogP contribution >= 0.6 is 0 Å². The average molecular weight is 254 g/mol. The number of nitrogens with zero attached hydrogens (tertiary/aromatic N) is 1. The second-order valence-electron chi connectivity index (χ2n) is 4.42. The Morgan fingerprint density at radius 2 is 2.11 bits per heavy atom. The molecule has 0 saturated heterocycles. The summed E-state index contributed by atoms with van der Waals surface area (Å²) in [6.45, 7) is 1.75. The van der Waals surface area contributed by atoms with Gasteiger partial charge in [0, 0.05) is 11.4 Å². The van der Waals surface area contributed by atoms with Crippen LogP contribution in [0.2, 0.25) is 0 Å². The van der Waals surface area contributed by atoms with Crippen molar-refractivity contribution in [2.75, 3.05) is 0 Å². The summed E-state index contributed by atoms with van der Waals surface area (Å²) in [7, 11) is 0. The number of fused-ring (bicyclic) bond motifs is 1. The number of aromatic hydroxyl groups is 1. The number of phenols is 1. The highest BCUT2D eigenvalue weighted by Gasteiger charge is 2.15. The summed E-state index contributed by atoms with van der Waals surface area (Å²) in [6.07, 6.45) is 0.236. The summed E-state index contributed by atoms with van der Waals surface area (Å²) in [5.74, 6) is -0.397. The smallest absolute Gasteiger partial charge is 0.255 e. The van der Waals surface area contributed by atoms with Gasteiger partial charge in [-0.1, -0.05) is 30.3 Å². The molecule has 4 nitrogen and oxygen atoms in total. The summed E-state index contributed by atoms with van der Waals surface area (Å²) < 4.78 is 0. The molecule has 2 rings (SSSR count). The molecule has 0 spiro atoms. The zero-order valence-corrected chi connectivity index (χ0v) is 10.6. The zero-order valence-electron chi connectivity index (χ0n) is 10.6. The molecule has 0 aliphatic rings. The van der Waals surface area contributed by atoms with Crippen LogP contribution in [0.1, 0.15) is 23.7 Å². The Morgan fingerprint density at radius 3 is 2.84 bits per heavy atom. The second-order valence-corrected chi connectivity index (χ2v) is 4.42. The minimum Gasteiger partial charge on any atom is -0.506 e. The fraction of sp³-hybridized carbons (Fsp3) is 0.200. The summed E-state index contributed by atoms with van der Waals surface area (Å²) >= 11 is 0. The standard InChI is InChI=1S/C15H14N2O2/c1-10(8-9-16)17-15(19)13-7-6-11-4-2-3-5-12(11)14(13)18/h2-7,10,18H,8H2,1H3,(H,17,19). The van der Waals surface area contributed by atoms with Crippen LogP contribution in [-0.4, -0.2) is 17.1 Å². The molecular weight excluding hydrogens is 240 g/mol. The predicted octanol–water partition coefficient (Wildman–Crippen LogP) is 2.58. The molecule has 0 radical (unpaired) electrons. The van der Waals surface area contributed by atoms with Gasteiger partial charge < -0.3 is 10.4 Å². The Hall–Kier alpha value is -2.54. The van der Waals surface area contributed by atoms with Gasteiger partial charge in [-0.25, -0.2) is 0 Å². The summed E-state index contributed by atoms with van der Waals surface area (Å²) in [5.41, 5.74) is 0.225. The maximum absolute atomic E-state index is 12.0. The maximum Gasteiger partial charge on any atom is 0.255 e. The van der Waals surface area contributed by atoms with Crippen LogP contribution in [-0.2, 0) is 0 Å². The lowest BCUT2D eigenvalue weighted by molar-refractivity contribution is 0.0938. The van der Waals surface area contributed by atoms with Crippen LogP contribution in [0.4, 0.5) is 0 Å². The lowest BCUT2D eigenvalue weighted by Crippen LogP contribution is -2.32. The van der Waals surface area contributed by atoms with Crippen LogP contribution in [0, 0.1) is 11.3 Å². The van der Waals surface area contributed by atoms with Crippen molar-refractivity contribution in [3.63, 3.8) is 0 Å². The van der Waals surface area contributed by atoms with E-state index < -0.39 is 0 Å². The fourth-order valence-electron chi connectivity index (χ4n) is 1.93. The van der Waals surface area contributed by atoms with E-state index in [2.05, 4.69) is 5.32 Å². The molecule has 19 heavy (non-hydrogen) atoms. The molecule has 1 unspecified atom stereocenters. The van der Waals surface area contributed by atoms with E-state index >= 15 is 0 Å². The van der Waals surface area contributed by atoms with Crippen LogP contribution < -0.4 is 5.32 Å². The van der Waals surface area contributed by atoms with Gasteiger partial charge in [-0.2, -0.15) is 5.26 Å². The van der Waals surface area contributed by atoms with Crippen molar-refractivity contribution in [2.24, 2.45) is 0 Å². The van der Waals surface area contributed by atoms with Crippen molar-refractivity contribution in [3.8, 4) is 11.8 Å². The van der Waals surface area contributed by atoms with Crippen molar-refractivity contribution < 1.29 is 9.90 Å². The Kier molecular flexibility index (Phi) is 3.67. The summed E-state index contributed by atoms with van der Waals surface area (Å²) in [5, 5.41) is 22.9. The summed E-state index contributed by atoms with van der Waals surface area (Å²) in [6, 6.07) is 12.4. The third kappa shape index (κ3) is 2.66. The Balaban J connectivity index is 2.33. The van der Waals surface area contributed by atoms with Gasteiger partial charge >= 0.3 is 0 Å². The lowest BCUT2D eigenvalue weighted by atomic mass is 10.0. The number of hydrogen-bond donors (Lipinski definition) is 2. The molecule has 0 aromatic heterocycles. The van der Waals surface area contributed by atoms with Gasteiger partial charge in [0.25, 0.3) is 5.91 Å². The van der Waals surface area contributed by atoms with E-state index in [1.165, 1.54) is 0 Å². The Morgan fingerprint density at radius 1 is 1.37 bits per heavy atom. The number of carbonyl (C=O) groups is 1. The number of nitriles is 1. The van der Waals surface area contributed by atoms with Gasteiger partial charge in [0.15, 0.2) is 0 Å². The van der Waals surface area contributed by atoms with Crippen LogP contribution in [0.5, 0.6) is 5.75 Å². The van der Waals surface area contributed by atoms with Crippen LogP contribution in [0.3, 0.4) is 0 Å². The molecule has 0 saturated carbocycles. The van der Waals surface area contributed by atoms with Gasteiger partial charge in [0.05, 0.1) is 18.1 Å². The number of nitrogens with one attached hydrogen (secondary N) is 1. The van der Waals surface area contributed by atoms with E-state index in [0.717, 1.165) is 5.39 Å². The Labute approximate surface area is 111 Å². The van der Waals surface area contributed by atoms with Gasteiger partial charge in [-0.05, 0) is 18.4 Å². The third-order valence-corrected chi connectivity index (χ3v) is 2.92. The van der Waals surface area contributed by atoms with E-state index in [1.807, 2.05) is 24.3 Å². The quantitative estimate of drug-likeness (QED) is 0.884. The molecule has 0 fully saturated rings. The van der Waals surface area contributed by atoms with Gasteiger partial charge in [-0.3, -0.25) is 4.79 Å².